The zero-order valence-corrected chi connectivity index (χ0v) is 5.32. The smallest absolute Gasteiger partial charge is 0.0997 e. The normalized spacial score (nSPS) is 29.0. The Labute approximate surface area is 44.3 Å². The first-order valence-corrected chi connectivity index (χ1v) is 3.86. The lowest BCUT2D eigenvalue weighted by Crippen LogP contribution is -2.01. The molecule has 40 valence electrons. The Kier molecular flexibility index (Phi) is 1.40. The summed E-state index contributed by atoms with van der Waals surface area (Å²) in [4.78, 5) is 0. The van der Waals surface area contributed by atoms with E-state index in [-0.39, 0.29) is 0 Å². The molecule has 1 unspecified atom stereocenters. The van der Waals surface area contributed by atoms with Gasteiger partial charge in [-0.15, -0.1) is 0 Å². The first-order chi connectivity index (χ1) is 3.30. The lowest BCUT2D eigenvalue weighted by atomic mass is 10.5. The highest BCUT2D eigenvalue weighted by Gasteiger charge is 2.29. The molecule has 0 saturated carbocycles. The molecular formula is C4H9NOP+. The Balaban J connectivity index is 2.48. The lowest BCUT2D eigenvalue weighted by molar-refractivity contribution is 0.520. The van der Waals surface area contributed by atoms with Gasteiger partial charge in [-0.3, -0.25) is 0 Å². The van der Waals surface area contributed by atoms with Crippen LogP contribution in [-0.4, -0.2) is 24.4 Å². The van der Waals surface area contributed by atoms with Gasteiger partial charge >= 0.3 is 7.95 Å². The van der Waals surface area contributed by atoms with Crippen LogP contribution in [0.1, 0.15) is 6.42 Å². The van der Waals surface area contributed by atoms with Gasteiger partial charge in [0.05, 0.1) is 0 Å². The highest BCUT2D eigenvalue weighted by atomic mass is 31.1. The molecule has 1 saturated heterocycles. The summed E-state index contributed by atoms with van der Waals surface area (Å²) in [5.41, 5.74) is 0. The molecule has 0 bridgehead atoms. The van der Waals surface area contributed by atoms with E-state index >= 15 is 0 Å². The van der Waals surface area contributed by atoms with Crippen molar-refractivity contribution >= 4 is 7.95 Å². The zero-order valence-electron chi connectivity index (χ0n) is 4.42. The Morgan fingerprint density at radius 1 is 1.71 bits per heavy atom. The van der Waals surface area contributed by atoms with Crippen LogP contribution in [0.3, 0.4) is 0 Å². The van der Waals surface area contributed by atoms with Crippen molar-refractivity contribution in [2.45, 2.75) is 6.42 Å². The average Bonchev–Trinajstić information content (AvgIpc) is 1.91. The second kappa shape index (κ2) is 1.89. The summed E-state index contributed by atoms with van der Waals surface area (Å²) in [7, 11) is 0.966. The summed E-state index contributed by atoms with van der Waals surface area (Å²) in [6, 6.07) is 0. The van der Waals surface area contributed by atoms with Gasteiger partial charge in [-0.25, -0.2) is 0 Å². The maximum absolute atomic E-state index is 10.6. The fraction of sp³-hybridized carbons (Fsp3) is 1.00. The molecule has 1 heterocycles. The van der Waals surface area contributed by atoms with E-state index in [4.69, 9.17) is 0 Å². The molecule has 0 amide bonds. The largest absolute Gasteiger partial charge is 0.434 e. The van der Waals surface area contributed by atoms with Crippen LogP contribution in [-0.2, 0) is 4.57 Å². The highest BCUT2D eigenvalue weighted by molar-refractivity contribution is 7.42. The topological polar surface area (TPSA) is 20.3 Å². The average molecular weight is 118 g/mol. The third-order valence-electron chi connectivity index (χ3n) is 1.21. The molecule has 1 aliphatic heterocycles. The first-order valence-electron chi connectivity index (χ1n) is 2.46. The monoisotopic (exact) mass is 118 g/mol. The van der Waals surface area contributed by atoms with Crippen LogP contribution in [0.4, 0.5) is 0 Å². The zero-order chi connectivity index (χ0) is 5.28. The van der Waals surface area contributed by atoms with Gasteiger partial charge in [0.1, 0.15) is 0 Å². The van der Waals surface area contributed by atoms with Crippen LogP contribution in [0.2, 0.25) is 0 Å². The predicted octanol–water partition coefficient (Wildman–Crippen LogP) is 1.06. The molecule has 7 heavy (non-hydrogen) atoms. The minimum Gasteiger partial charge on any atom is -0.0997 e. The van der Waals surface area contributed by atoms with Crippen molar-refractivity contribution in [3.05, 3.63) is 0 Å². The third kappa shape index (κ3) is 0.987. The quantitative estimate of drug-likeness (QED) is 0.443. The van der Waals surface area contributed by atoms with Crippen LogP contribution in [0, 0.1) is 0 Å². The van der Waals surface area contributed by atoms with E-state index in [1.165, 1.54) is 0 Å². The summed E-state index contributed by atoms with van der Waals surface area (Å²) in [5, 5.41) is 0. The van der Waals surface area contributed by atoms with Gasteiger partial charge in [-0.2, -0.15) is 0 Å². The minimum atomic E-state index is -0.943. The van der Waals surface area contributed by atoms with Gasteiger partial charge in [0, 0.05) is 20.0 Å². The summed E-state index contributed by atoms with van der Waals surface area (Å²) < 4.78 is 12.6. The van der Waals surface area contributed by atoms with Crippen molar-refractivity contribution in [3.8, 4) is 0 Å². The van der Waals surface area contributed by atoms with Gasteiger partial charge in [-0.05, 0) is 0 Å². The lowest BCUT2D eigenvalue weighted by Gasteiger charge is -1.86. The highest BCUT2D eigenvalue weighted by Crippen LogP contribution is 2.31. The van der Waals surface area contributed by atoms with Crippen molar-refractivity contribution in [2.24, 2.45) is 0 Å². The molecule has 0 aliphatic carbocycles. The molecule has 0 aromatic heterocycles. The van der Waals surface area contributed by atoms with E-state index in [1.54, 1.807) is 0 Å². The fourth-order valence-electron chi connectivity index (χ4n) is 0.717. The molecule has 0 N–H and O–H groups in total. The fourth-order valence-corrected chi connectivity index (χ4v) is 1.83. The minimum absolute atomic E-state index is 0.909. The van der Waals surface area contributed by atoms with Crippen LogP contribution in [0.5, 0.6) is 0 Å². The van der Waals surface area contributed by atoms with Crippen LogP contribution >= 0.6 is 7.95 Å². The molecule has 0 radical (unpaired) electrons. The van der Waals surface area contributed by atoms with E-state index in [0.717, 1.165) is 19.1 Å². The molecule has 2 nitrogen and oxygen atoms in total. The number of rotatable bonds is 0. The van der Waals surface area contributed by atoms with Gasteiger partial charge < -0.3 is 0 Å². The third-order valence-corrected chi connectivity index (χ3v) is 2.87. The van der Waals surface area contributed by atoms with Crippen molar-refractivity contribution in [1.82, 2.24) is 4.67 Å². The van der Waals surface area contributed by atoms with Crippen molar-refractivity contribution in [1.29, 1.82) is 0 Å². The van der Waals surface area contributed by atoms with Crippen LogP contribution < -0.4 is 0 Å². The van der Waals surface area contributed by atoms with E-state index in [2.05, 4.69) is 0 Å². The molecule has 0 aromatic rings. The number of nitrogens with zero attached hydrogens (tertiary/aromatic N) is 1. The Morgan fingerprint density at radius 3 is 2.57 bits per heavy atom. The molecule has 1 atom stereocenters. The molecule has 3 heteroatoms. The second-order valence-electron chi connectivity index (χ2n) is 1.81. The molecule has 1 aliphatic rings. The van der Waals surface area contributed by atoms with Crippen molar-refractivity contribution < 1.29 is 4.57 Å². The van der Waals surface area contributed by atoms with E-state index in [1.807, 2.05) is 11.7 Å². The van der Waals surface area contributed by atoms with Crippen molar-refractivity contribution in [2.75, 3.05) is 19.8 Å². The number of hydrogen-bond acceptors (Lipinski definition) is 1. The number of hydrogen-bond donors (Lipinski definition) is 0. The Morgan fingerprint density at radius 2 is 2.43 bits per heavy atom. The van der Waals surface area contributed by atoms with E-state index in [0.29, 0.717) is 0 Å². The molecule has 0 aromatic carbocycles. The molecule has 0 spiro atoms. The van der Waals surface area contributed by atoms with Gasteiger partial charge in [-0.1, -0.05) is 9.24 Å². The Hall–Kier alpha value is 0.0600. The second-order valence-corrected chi connectivity index (χ2v) is 3.64. The summed E-state index contributed by atoms with van der Waals surface area (Å²) >= 11 is 0. The summed E-state index contributed by atoms with van der Waals surface area (Å²) in [6.07, 6.45) is 2.03. The van der Waals surface area contributed by atoms with E-state index in [9.17, 15) is 4.57 Å². The summed E-state index contributed by atoms with van der Waals surface area (Å²) in [6.45, 7) is 1.02. The molecular weight excluding hydrogens is 109 g/mol. The SMILES string of the molecule is CN1CCC[P+]1=O. The predicted molar refractivity (Wildman–Crippen MR) is 29.7 cm³/mol. The van der Waals surface area contributed by atoms with Crippen molar-refractivity contribution in [3.63, 3.8) is 0 Å². The maximum Gasteiger partial charge on any atom is 0.434 e. The Bertz CT molecular complexity index is 93.7. The standard InChI is InChI=1S/C4H9NOP/c1-5-3-2-4-7(5)6/h2-4H2,1H3/q+1. The molecule has 1 rings (SSSR count). The van der Waals surface area contributed by atoms with Gasteiger partial charge in [0.2, 0.25) is 0 Å². The maximum atomic E-state index is 10.6. The van der Waals surface area contributed by atoms with E-state index < -0.39 is 7.95 Å². The molecule has 1 fully saturated rings. The van der Waals surface area contributed by atoms with Gasteiger partial charge in [0.15, 0.2) is 6.16 Å². The van der Waals surface area contributed by atoms with Crippen LogP contribution in [0.25, 0.3) is 0 Å². The van der Waals surface area contributed by atoms with Gasteiger partial charge in [0.25, 0.3) is 0 Å². The first kappa shape index (κ1) is 5.20. The summed E-state index contributed by atoms with van der Waals surface area (Å²) in [5.74, 6) is 0. The van der Waals surface area contributed by atoms with Crippen LogP contribution in [0.15, 0.2) is 0 Å².